The molecule has 32 heavy (non-hydrogen) atoms. The molecule has 4 rings (SSSR count). The summed E-state index contributed by atoms with van der Waals surface area (Å²) in [7, 11) is 0. The number of nitrogens with zero attached hydrogens (tertiary/aromatic N) is 1. The van der Waals surface area contributed by atoms with E-state index in [1.165, 1.54) is 24.0 Å². The summed E-state index contributed by atoms with van der Waals surface area (Å²) in [6.07, 6.45) is 0. The quantitative estimate of drug-likeness (QED) is 0.611. The topological polar surface area (TPSA) is 67.9 Å². The first-order valence-corrected chi connectivity index (χ1v) is 10.2. The summed E-state index contributed by atoms with van der Waals surface area (Å²) < 4.78 is 24.0. The molecule has 3 aromatic carbocycles. The molecule has 0 aromatic heterocycles. The van der Waals surface area contributed by atoms with E-state index in [1.54, 1.807) is 18.2 Å². The molecule has 0 saturated carbocycles. The molecule has 3 aromatic rings. The van der Waals surface area contributed by atoms with Crippen LogP contribution >= 0.6 is 0 Å². The highest BCUT2D eigenvalue weighted by molar-refractivity contribution is 5.88. The summed E-state index contributed by atoms with van der Waals surface area (Å²) in [6, 6.07) is 19.6. The highest BCUT2D eigenvalue weighted by Gasteiger charge is 2.29. The maximum Gasteiger partial charge on any atom is 0.247 e. The molecule has 1 heterocycles. The van der Waals surface area contributed by atoms with Gasteiger partial charge in [0, 0.05) is 20.0 Å². The molecule has 6 nitrogen and oxygen atoms in total. The Morgan fingerprint density at radius 1 is 0.969 bits per heavy atom. The lowest BCUT2D eigenvalue weighted by Gasteiger charge is -2.30. The Balaban J connectivity index is 1.56. The van der Waals surface area contributed by atoms with Gasteiger partial charge in [0.2, 0.25) is 18.6 Å². The van der Waals surface area contributed by atoms with Crippen LogP contribution in [-0.2, 0) is 22.7 Å². The van der Waals surface area contributed by atoms with Crippen LogP contribution in [0.5, 0.6) is 11.5 Å². The number of carbonyl (C=O) groups is 2. The zero-order valence-electron chi connectivity index (χ0n) is 17.6. The maximum absolute atomic E-state index is 13.3. The summed E-state index contributed by atoms with van der Waals surface area (Å²) in [6.45, 7) is 2.04. The Morgan fingerprint density at radius 2 is 1.66 bits per heavy atom. The van der Waals surface area contributed by atoms with E-state index in [4.69, 9.17) is 9.47 Å². The fraction of sp³-hybridized carbons (Fsp3) is 0.200. The van der Waals surface area contributed by atoms with E-state index in [1.807, 2.05) is 42.5 Å². The number of hydrogen-bond donors (Lipinski definition) is 1. The molecule has 0 radical (unpaired) electrons. The molecule has 1 atom stereocenters. The lowest BCUT2D eigenvalue weighted by Crippen LogP contribution is -2.42. The van der Waals surface area contributed by atoms with Crippen molar-refractivity contribution < 1.29 is 23.5 Å². The molecule has 7 heteroatoms. The van der Waals surface area contributed by atoms with Crippen LogP contribution in [0.4, 0.5) is 4.39 Å². The van der Waals surface area contributed by atoms with Crippen LogP contribution in [0.15, 0.2) is 72.8 Å². The number of halogens is 1. The predicted molar refractivity (Wildman–Crippen MR) is 116 cm³/mol. The third-order valence-corrected chi connectivity index (χ3v) is 5.25. The molecule has 0 bridgehead atoms. The van der Waals surface area contributed by atoms with E-state index in [9.17, 15) is 14.0 Å². The number of hydrogen-bond acceptors (Lipinski definition) is 4. The lowest BCUT2D eigenvalue weighted by atomic mass is 10.0. The van der Waals surface area contributed by atoms with Crippen LogP contribution < -0.4 is 14.8 Å². The molecule has 2 amide bonds. The van der Waals surface area contributed by atoms with Gasteiger partial charge < -0.3 is 19.7 Å². The minimum absolute atomic E-state index is 0.173. The lowest BCUT2D eigenvalue weighted by molar-refractivity contribution is -0.140. The van der Waals surface area contributed by atoms with Crippen LogP contribution in [0, 0.1) is 5.82 Å². The summed E-state index contributed by atoms with van der Waals surface area (Å²) >= 11 is 0. The number of nitrogens with one attached hydrogen (secondary N) is 1. The largest absolute Gasteiger partial charge is 0.454 e. The van der Waals surface area contributed by atoms with Crippen LogP contribution in [-0.4, -0.2) is 23.5 Å². The van der Waals surface area contributed by atoms with Crippen molar-refractivity contribution >= 4 is 11.8 Å². The van der Waals surface area contributed by atoms with Gasteiger partial charge in [0.1, 0.15) is 11.9 Å². The number of fused-ring (bicyclic) bond motifs is 1. The first-order valence-electron chi connectivity index (χ1n) is 10.2. The van der Waals surface area contributed by atoms with E-state index < -0.39 is 6.04 Å². The highest BCUT2D eigenvalue weighted by atomic mass is 19.1. The molecule has 0 fully saturated rings. The second-order valence-corrected chi connectivity index (χ2v) is 7.49. The Labute approximate surface area is 185 Å². The van der Waals surface area contributed by atoms with Gasteiger partial charge in [-0.2, -0.15) is 0 Å². The second kappa shape index (κ2) is 9.51. The first-order chi connectivity index (χ1) is 15.5. The van der Waals surface area contributed by atoms with Crippen molar-refractivity contribution in [2.75, 3.05) is 6.79 Å². The van der Waals surface area contributed by atoms with Crippen LogP contribution in [0.3, 0.4) is 0 Å². The Morgan fingerprint density at radius 3 is 2.38 bits per heavy atom. The van der Waals surface area contributed by atoms with Gasteiger partial charge in [0.25, 0.3) is 0 Å². The van der Waals surface area contributed by atoms with Gasteiger partial charge >= 0.3 is 0 Å². The normalized spacial score (nSPS) is 12.8. The Kier molecular flexibility index (Phi) is 6.35. The minimum atomic E-state index is -0.840. The predicted octanol–water partition coefficient (Wildman–Crippen LogP) is 3.96. The molecule has 0 aliphatic carbocycles. The van der Waals surface area contributed by atoms with Gasteiger partial charge in [-0.05, 0) is 41.0 Å². The smallest absolute Gasteiger partial charge is 0.247 e. The van der Waals surface area contributed by atoms with Crippen molar-refractivity contribution in [1.82, 2.24) is 10.2 Å². The summed E-state index contributed by atoms with van der Waals surface area (Å²) in [5.41, 5.74) is 2.27. The van der Waals surface area contributed by atoms with Crippen molar-refractivity contribution in [3.05, 3.63) is 95.3 Å². The third-order valence-electron chi connectivity index (χ3n) is 5.25. The average Bonchev–Trinajstić information content (AvgIpc) is 3.27. The molecule has 164 valence electrons. The molecular formula is C25H23FN2O4. The van der Waals surface area contributed by atoms with Crippen molar-refractivity contribution in [2.24, 2.45) is 0 Å². The van der Waals surface area contributed by atoms with Crippen molar-refractivity contribution in [3.63, 3.8) is 0 Å². The zero-order valence-corrected chi connectivity index (χ0v) is 17.6. The van der Waals surface area contributed by atoms with E-state index in [0.29, 0.717) is 17.1 Å². The molecule has 0 unspecified atom stereocenters. The van der Waals surface area contributed by atoms with Gasteiger partial charge in [-0.1, -0.05) is 48.5 Å². The van der Waals surface area contributed by atoms with Gasteiger partial charge in [-0.15, -0.1) is 0 Å². The molecule has 1 N–H and O–H groups in total. The molecular weight excluding hydrogens is 411 g/mol. The van der Waals surface area contributed by atoms with E-state index in [0.717, 1.165) is 11.1 Å². The Hall–Kier alpha value is -3.87. The number of carbonyl (C=O) groups excluding carboxylic acids is 2. The second-order valence-electron chi connectivity index (χ2n) is 7.49. The SMILES string of the molecule is CC(=O)N(Cc1ccc(F)cc1)[C@@H](C(=O)NCc1ccc2c(c1)OCO2)c1ccccc1. The van der Waals surface area contributed by atoms with Crippen molar-refractivity contribution in [3.8, 4) is 11.5 Å². The maximum atomic E-state index is 13.3. The van der Waals surface area contributed by atoms with Crippen LogP contribution in [0.25, 0.3) is 0 Å². The van der Waals surface area contributed by atoms with Gasteiger partial charge in [-0.25, -0.2) is 4.39 Å². The summed E-state index contributed by atoms with van der Waals surface area (Å²) in [5, 5.41) is 2.93. The number of benzene rings is 3. The molecule has 0 spiro atoms. The molecule has 1 aliphatic rings. The Bertz CT molecular complexity index is 1100. The zero-order chi connectivity index (χ0) is 22.5. The summed E-state index contributed by atoms with van der Waals surface area (Å²) in [5.74, 6) is 0.374. The summed E-state index contributed by atoms with van der Waals surface area (Å²) in [4.78, 5) is 27.4. The standard InChI is InChI=1S/C25H23FN2O4/c1-17(29)28(15-18-7-10-21(26)11-8-18)24(20-5-3-2-4-6-20)25(30)27-14-19-9-12-22-23(13-19)32-16-31-22/h2-13,24H,14-16H2,1H3,(H,27,30)/t24-/m1/s1. The monoisotopic (exact) mass is 434 g/mol. The van der Waals surface area contributed by atoms with Crippen molar-refractivity contribution in [1.29, 1.82) is 0 Å². The number of ether oxygens (including phenoxy) is 2. The molecule has 0 saturated heterocycles. The van der Waals surface area contributed by atoms with Crippen LogP contribution in [0.1, 0.15) is 29.7 Å². The van der Waals surface area contributed by atoms with E-state index in [2.05, 4.69) is 5.32 Å². The minimum Gasteiger partial charge on any atom is -0.454 e. The van der Waals surface area contributed by atoms with E-state index in [-0.39, 0.29) is 37.5 Å². The van der Waals surface area contributed by atoms with Crippen LogP contribution in [0.2, 0.25) is 0 Å². The third kappa shape index (κ3) is 4.88. The first kappa shape index (κ1) is 21.4. The van der Waals surface area contributed by atoms with Gasteiger partial charge in [-0.3, -0.25) is 9.59 Å². The number of rotatable bonds is 7. The average molecular weight is 434 g/mol. The number of amides is 2. The fourth-order valence-electron chi connectivity index (χ4n) is 3.62. The molecule has 1 aliphatic heterocycles. The fourth-order valence-corrected chi connectivity index (χ4v) is 3.62. The van der Waals surface area contributed by atoms with E-state index >= 15 is 0 Å². The van der Waals surface area contributed by atoms with Crippen molar-refractivity contribution in [2.45, 2.75) is 26.1 Å². The van der Waals surface area contributed by atoms with Gasteiger partial charge in [0.15, 0.2) is 11.5 Å². The highest BCUT2D eigenvalue weighted by Crippen LogP contribution is 2.32. The van der Waals surface area contributed by atoms with Gasteiger partial charge in [0.05, 0.1) is 0 Å².